The van der Waals surface area contributed by atoms with Crippen LogP contribution in [0.1, 0.15) is 19.4 Å². The third-order valence-electron chi connectivity index (χ3n) is 3.90. The lowest BCUT2D eigenvalue weighted by Crippen LogP contribution is -2.42. The number of rotatable bonds is 8. The molecule has 0 saturated carbocycles. The van der Waals surface area contributed by atoms with Crippen molar-refractivity contribution >= 4 is 17.7 Å². The molecule has 0 fully saturated rings. The van der Waals surface area contributed by atoms with Crippen molar-refractivity contribution in [1.82, 2.24) is 4.90 Å². The zero-order chi connectivity index (χ0) is 16.7. The van der Waals surface area contributed by atoms with Gasteiger partial charge in [-0.1, -0.05) is 62.0 Å². The lowest BCUT2D eigenvalue weighted by molar-refractivity contribution is -0.143. The molecule has 2 rings (SSSR count). The van der Waals surface area contributed by atoms with E-state index in [2.05, 4.69) is 18.2 Å². The summed E-state index contributed by atoms with van der Waals surface area (Å²) < 4.78 is 0. The molecule has 0 spiro atoms. The van der Waals surface area contributed by atoms with Crippen molar-refractivity contribution in [2.75, 3.05) is 13.1 Å². The van der Waals surface area contributed by atoms with Crippen molar-refractivity contribution < 1.29 is 9.90 Å². The lowest BCUT2D eigenvalue weighted by Gasteiger charge is -2.26. The number of hydrogen-bond donors (Lipinski definition) is 1. The summed E-state index contributed by atoms with van der Waals surface area (Å²) in [6.45, 7) is 5.48. The van der Waals surface area contributed by atoms with E-state index >= 15 is 0 Å². The highest BCUT2D eigenvalue weighted by molar-refractivity contribution is 7.99. The molecule has 0 aliphatic carbocycles. The van der Waals surface area contributed by atoms with Crippen molar-refractivity contribution in [3.63, 3.8) is 0 Å². The molecular weight excluding hydrogens is 306 g/mol. The maximum absolute atomic E-state index is 11.7. The molecule has 2 aromatic carbocycles. The van der Waals surface area contributed by atoms with Crippen LogP contribution in [-0.2, 0) is 11.2 Å². The zero-order valence-electron chi connectivity index (χ0n) is 13.6. The summed E-state index contributed by atoms with van der Waals surface area (Å²) in [6, 6.07) is 17.8. The minimum Gasteiger partial charge on any atom is -0.480 e. The summed E-state index contributed by atoms with van der Waals surface area (Å²) in [7, 11) is 0. The number of aliphatic carboxylic acids is 1. The van der Waals surface area contributed by atoms with Gasteiger partial charge in [0.15, 0.2) is 0 Å². The highest BCUT2D eigenvalue weighted by Crippen LogP contribution is 2.31. The average Bonchev–Trinajstić information content (AvgIpc) is 2.57. The quantitative estimate of drug-likeness (QED) is 0.789. The Kier molecular flexibility index (Phi) is 6.68. The number of hydrogen-bond acceptors (Lipinski definition) is 3. The van der Waals surface area contributed by atoms with Gasteiger partial charge in [-0.3, -0.25) is 9.69 Å². The van der Waals surface area contributed by atoms with Crippen LogP contribution < -0.4 is 0 Å². The van der Waals surface area contributed by atoms with E-state index in [0.717, 1.165) is 28.4 Å². The molecule has 23 heavy (non-hydrogen) atoms. The van der Waals surface area contributed by atoms with Gasteiger partial charge in [0.05, 0.1) is 0 Å². The van der Waals surface area contributed by atoms with Crippen LogP contribution in [-0.4, -0.2) is 35.1 Å². The minimum absolute atomic E-state index is 0.484. The normalized spacial score (nSPS) is 12.3. The summed E-state index contributed by atoms with van der Waals surface area (Å²) >= 11 is 1.68. The highest BCUT2D eigenvalue weighted by Gasteiger charge is 2.24. The van der Waals surface area contributed by atoms with E-state index < -0.39 is 12.0 Å². The van der Waals surface area contributed by atoms with Gasteiger partial charge >= 0.3 is 5.97 Å². The standard InChI is InChI=1S/C19H23NO2S/c1-3-20(4-2)17(19(21)22)14-15-10-8-9-13-18(15)23-16-11-6-5-7-12-16/h5-13,17H,3-4,14H2,1-2H3,(H,21,22)/t17-/m1/s1. The van der Waals surface area contributed by atoms with Crippen LogP contribution in [0.25, 0.3) is 0 Å². The third-order valence-corrected chi connectivity index (χ3v) is 5.02. The number of carboxylic acid groups (broad SMARTS) is 1. The van der Waals surface area contributed by atoms with Crippen molar-refractivity contribution in [1.29, 1.82) is 0 Å². The Morgan fingerprint density at radius 1 is 1.04 bits per heavy atom. The van der Waals surface area contributed by atoms with Crippen molar-refractivity contribution in [3.8, 4) is 0 Å². The first kappa shape index (κ1) is 17.6. The molecule has 0 aliphatic heterocycles. The van der Waals surface area contributed by atoms with Gasteiger partial charge < -0.3 is 5.11 Å². The highest BCUT2D eigenvalue weighted by atomic mass is 32.2. The predicted octanol–water partition coefficient (Wildman–Crippen LogP) is 4.18. The van der Waals surface area contributed by atoms with E-state index in [1.807, 2.05) is 55.1 Å². The molecule has 2 aromatic rings. The van der Waals surface area contributed by atoms with E-state index in [1.54, 1.807) is 11.8 Å². The van der Waals surface area contributed by atoms with Crippen LogP contribution in [0.3, 0.4) is 0 Å². The van der Waals surface area contributed by atoms with Crippen molar-refractivity contribution in [2.45, 2.75) is 36.1 Å². The number of carboxylic acids is 1. The van der Waals surface area contributed by atoms with Gasteiger partial charge in [0.1, 0.15) is 6.04 Å². The molecule has 0 radical (unpaired) electrons. The summed E-state index contributed by atoms with van der Waals surface area (Å²) in [4.78, 5) is 16.0. The molecule has 1 N–H and O–H groups in total. The van der Waals surface area contributed by atoms with Gasteiger partial charge in [0.25, 0.3) is 0 Å². The first-order valence-corrected chi connectivity index (χ1v) is 8.75. The molecule has 3 nitrogen and oxygen atoms in total. The molecule has 0 unspecified atom stereocenters. The summed E-state index contributed by atoms with van der Waals surface area (Å²) in [5.74, 6) is -0.756. The van der Waals surface area contributed by atoms with Gasteiger partial charge in [-0.2, -0.15) is 0 Å². The molecule has 0 heterocycles. The first-order valence-electron chi connectivity index (χ1n) is 7.93. The fourth-order valence-corrected chi connectivity index (χ4v) is 3.61. The Labute approximate surface area is 142 Å². The largest absolute Gasteiger partial charge is 0.480 e. The van der Waals surface area contributed by atoms with Crippen LogP contribution in [0.4, 0.5) is 0 Å². The van der Waals surface area contributed by atoms with Gasteiger partial charge in [-0.05, 0) is 43.3 Å². The topological polar surface area (TPSA) is 40.5 Å². The smallest absolute Gasteiger partial charge is 0.321 e. The van der Waals surface area contributed by atoms with Crippen LogP contribution in [0.15, 0.2) is 64.4 Å². The van der Waals surface area contributed by atoms with Crippen molar-refractivity contribution in [3.05, 3.63) is 60.2 Å². The lowest BCUT2D eigenvalue weighted by atomic mass is 10.0. The third kappa shape index (κ3) is 4.85. The van der Waals surface area contributed by atoms with E-state index in [-0.39, 0.29) is 0 Å². The molecule has 0 aliphatic rings. The van der Waals surface area contributed by atoms with Gasteiger partial charge in [0, 0.05) is 9.79 Å². The number of benzene rings is 2. The summed E-state index contributed by atoms with van der Waals surface area (Å²) in [6.07, 6.45) is 0.521. The second-order valence-electron chi connectivity index (χ2n) is 5.30. The Hall–Kier alpha value is -1.78. The average molecular weight is 329 g/mol. The van der Waals surface area contributed by atoms with E-state index in [1.165, 1.54) is 0 Å². The molecule has 122 valence electrons. The summed E-state index contributed by atoms with van der Waals surface area (Å²) in [5.41, 5.74) is 1.08. The molecule has 0 aromatic heterocycles. The Morgan fingerprint density at radius 2 is 1.65 bits per heavy atom. The second kappa shape index (κ2) is 8.75. The predicted molar refractivity (Wildman–Crippen MR) is 95.1 cm³/mol. The number of likely N-dealkylation sites (N-methyl/N-ethyl adjacent to an activating group) is 1. The first-order chi connectivity index (χ1) is 11.2. The second-order valence-corrected chi connectivity index (χ2v) is 6.42. The van der Waals surface area contributed by atoms with Gasteiger partial charge in [-0.15, -0.1) is 0 Å². The monoisotopic (exact) mass is 329 g/mol. The van der Waals surface area contributed by atoms with E-state index in [9.17, 15) is 9.90 Å². The van der Waals surface area contributed by atoms with Gasteiger partial charge in [-0.25, -0.2) is 0 Å². The molecule has 1 atom stereocenters. The Morgan fingerprint density at radius 3 is 2.26 bits per heavy atom. The number of nitrogens with zero attached hydrogens (tertiary/aromatic N) is 1. The van der Waals surface area contributed by atoms with Crippen LogP contribution >= 0.6 is 11.8 Å². The summed E-state index contributed by atoms with van der Waals surface area (Å²) in [5, 5.41) is 9.60. The number of carbonyl (C=O) groups is 1. The Balaban J connectivity index is 2.23. The minimum atomic E-state index is -0.756. The van der Waals surface area contributed by atoms with Crippen LogP contribution in [0.5, 0.6) is 0 Å². The van der Waals surface area contributed by atoms with Gasteiger partial charge in [0.2, 0.25) is 0 Å². The fourth-order valence-electron chi connectivity index (χ4n) is 2.63. The maximum atomic E-state index is 11.7. The van der Waals surface area contributed by atoms with E-state index in [4.69, 9.17) is 0 Å². The van der Waals surface area contributed by atoms with Crippen LogP contribution in [0, 0.1) is 0 Å². The van der Waals surface area contributed by atoms with E-state index in [0.29, 0.717) is 6.42 Å². The van der Waals surface area contributed by atoms with Crippen LogP contribution in [0.2, 0.25) is 0 Å². The molecule has 4 heteroatoms. The SMILES string of the molecule is CCN(CC)[C@H](Cc1ccccc1Sc1ccccc1)C(=O)O. The Bertz CT molecular complexity index is 626. The van der Waals surface area contributed by atoms with Crippen molar-refractivity contribution in [2.24, 2.45) is 0 Å². The maximum Gasteiger partial charge on any atom is 0.321 e. The molecule has 0 saturated heterocycles. The zero-order valence-corrected chi connectivity index (χ0v) is 14.4. The fraction of sp³-hybridized carbons (Fsp3) is 0.316. The molecular formula is C19H23NO2S. The molecule has 0 amide bonds. The molecule has 0 bridgehead atoms.